The first-order valence-corrected chi connectivity index (χ1v) is 4.90. The van der Waals surface area contributed by atoms with Crippen molar-refractivity contribution in [3.8, 4) is 0 Å². The van der Waals surface area contributed by atoms with Gasteiger partial charge >= 0.3 is 0 Å². The smallest absolute Gasteiger partial charge is 0.0946 e. The summed E-state index contributed by atoms with van der Waals surface area (Å²) >= 11 is 0. The Morgan fingerprint density at radius 1 is 1.27 bits per heavy atom. The topological polar surface area (TPSA) is 75.7 Å². The van der Waals surface area contributed by atoms with Crippen LogP contribution in [0.1, 0.15) is 5.56 Å². The highest BCUT2D eigenvalue weighted by Gasteiger charge is 2.13. The fourth-order valence-electron chi connectivity index (χ4n) is 1.12. The lowest BCUT2D eigenvalue weighted by molar-refractivity contribution is 0.00614. The van der Waals surface area contributed by atoms with Crippen LogP contribution in [0.4, 0.5) is 0 Å². The quantitative estimate of drug-likeness (QED) is 0.613. The van der Waals surface area contributed by atoms with Crippen molar-refractivity contribution in [1.29, 1.82) is 0 Å². The second-order valence-electron chi connectivity index (χ2n) is 3.41. The summed E-state index contributed by atoms with van der Waals surface area (Å²) in [5, 5.41) is 18.1. The second-order valence-corrected chi connectivity index (χ2v) is 3.41. The highest BCUT2D eigenvalue weighted by atomic mass is 16.5. The molecule has 84 valence electrons. The van der Waals surface area contributed by atoms with E-state index < -0.39 is 12.1 Å². The van der Waals surface area contributed by atoms with E-state index in [9.17, 15) is 5.11 Å². The summed E-state index contributed by atoms with van der Waals surface area (Å²) in [5.41, 5.74) is 6.46. The molecule has 0 aromatic heterocycles. The minimum Gasteiger partial charge on any atom is -0.395 e. The Bertz CT molecular complexity index is 266. The molecule has 0 bridgehead atoms. The van der Waals surface area contributed by atoms with Crippen molar-refractivity contribution >= 4 is 0 Å². The van der Waals surface area contributed by atoms with E-state index in [0.29, 0.717) is 6.61 Å². The minimum atomic E-state index is -0.821. The number of aliphatic hydroxyl groups excluding tert-OH is 2. The fourth-order valence-corrected chi connectivity index (χ4v) is 1.12. The molecule has 4 N–H and O–H groups in total. The van der Waals surface area contributed by atoms with Gasteiger partial charge in [0.05, 0.1) is 32.0 Å². The SMILES string of the molecule is NC(CO)C(O)COCc1ccccc1. The average molecular weight is 211 g/mol. The van der Waals surface area contributed by atoms with E-state index in [1.807, 2.05) is 30.3 Å². The van der Waals surface area contributed by atoms with Crippen LogP contribution in [0.2, 0.25) is 0 Å². The molecule has 0 heterocycles. The molecule has 15 heavy (non-hydrogen) atoms. The summed E-state index contributed by atoms with van der Waals surface area (Å²) in [4.78, 5) is 0. The zero-order valence-corrected chi connectivity index (χ0v) is 8.54. The van der Waals surface area contributed by atoms with Crippen LogP contribution in [0, 0.1) is 0 Å². The van der Waals surface area contributed by atoms with E-state index in [-0.39, 0.29) is 13.2 Å². The lowest BCUT2D eigenvalue weighted by atomic mass is 10.2. The maximum absolute atomic E-state index is 9.39. The molecule has 0 spiro atoms. The van der Waals surface area contributed by atoms with Crippen LogP contribution >= 0.6 is 0 Å². The molecule has 0 radical (unpaired) electrons. The average Bonchev–Trinajstić information content (AvgIpc) is 2.29. The molecule has 1 aromatic carbocycles. The van der Waals surface area contributed by atoms with Crippen LogP contribution < -0.4 is 5.73 Å². The number of hydrogen-bond donors (Lipinski definition) is 3. The zero-order valence-electron chi connectivity index (χ0n) is 8.54. The molecule has 0 aliphatic heterocycles. The van der Waals surface area contributed by atoms with Gasteiger partial charge in [-0.15, -0.1) is 0 Å². The molecule has 0 amide bonds. The third-order valence-corrected chi connectivity index (χ3v) is 2.11. The van der Waals surface area contributed by atoms with Crippen LogP contribution in [-0.2, 0) is 11.3 Å². The molecule has 2 atom stereocenters. The van der Waals surface area contributed by atoms with Gasteiger partial charge in [-0.25, -0.2) is 0 Å². The zero-order chi connectivity index (χ0) is 11.1. The Balaban J connectivity index is 2.22. The molecule has 0 saturated carbocycles. The Kier molecular flexibility index (Phi) is 5.28. The van der Waals surface area contributed by atoms with E-state index in [0.717, 1.165) is 5.56 Å². The molecular weight excluding hydrogens is 194 g/mol. The van der Waals surface area contributed by atoms with Gasteiger partial charge in [0.2, 0.25) is 0 Å². The first kappa shape index (κ1) is 12.1. The molecule has 0 fully saturated rings. The molecule has 1 rings (SSSR count). The largest absolute Gasteiger partial charge is 0.395 e. The summed E-state index contributed by atoms with van der Waals surface area (Å²) in [6, 6.07) is 9.03. The first-order valence-electron chi connectivity index (χ1n) is 4.90. The summed E-state index contributed by atoms with van der Waals surface area (Å²) in [7, 11) is 0. The van der Waals surface area contributed by atoms with Crippen LogP contribution in [0.25, 0.3) is 0 Å². The summed E-state index contributed by atoms with van der Waals surface area (Å²) in [5.74, 6) is 0. The van der Waals surface area contributed by atoms with Crippen molar-refractivity contribution in [3.63, 3.8) is 0 Å². The third-order valence-electron chi connectivity index (χ3n) is 2.11. The van der Waals surface area contributed by atoms with Crippen molar-refractivity contribution in [1.82, 2.24) is 0 Å². The van der Waals surface area contributed by atoms with E-state index in [2.05, 4.69) is 0 Å². The number of rotatable bonds is 6. The van der Waals surface area contributed by atoms with Gasteiger partial charge in [-0.3, -0.25) is 0 Å². The van der Waals surface area contributed by atoms with Crippen LogP contribution in [0.3, 0.4) is 0 Å². The Hall–Kier alpha value is -0.940. The van der Waals surface area contributed by atoms with Crippen LogP contribution in [0.5, 0.6) is 0 Å². The van der Waals surface area contributed by atoms with Crippen LogP contribution in [0.15, 0.2) is 30.3 Å². The van der Waals surface area contributed by atoms with Crippen LogP contribution in [-0.4, -0.2) is 35.6 Å². The monoisotopic (exact) mass is 211 g/mol. The van der Waals surface area contributed by atoms with Gasteiger partial charge in [0.15, 0.2) is 0 Å². The van der Waals surface area contributed by atoms with Crippen molar-refractivity contribution in [2.24, 2.45) is 5.73 Å². The fraction of sp³-hybridized carbons (Fsp3) is 0.455. The second kappa shape index (κ2) is 6.53. The molecule has 1 aromatic rings. The van der Waals surface area contributed by atoms with E-state index in [1.54, 1.807) is 0 Å². The summed E-state index contributed by atoms with van der Waals surface area (Å²) < 4.78 is 5.26. The maximum Gasteiger partial charge on any atom is 0.0946 e. The maximum atomic E-state index is 9.39. The van der Waals surface area contributed by atoms with Crippen molar-refractivity contribution in [2.75, 3.05) is 13.2 Å². The van der Waals surface area contributed by atoms with E-state index in [1.165, 1.54) is 0 Å². The van der Waals surface area contributed by atoms with Gasteiger partial charge in [0.1, 0.15) is 0 Å². The lowest BCUT2D eigenvalue weighted by Gasteiger charge is -2.16. The predicted octanol–water partition coefficient (Wildman–Crippen LogP) is -0.116. The van der Waals surface area contributed by atoms with Gasteiger partial charge in [0, 0.05) is 0 Å². The Morgan fingerprint density at radius 3 is 2.53 bits per heavy atom. The Labute approximate surface area is 89.3 Å². The number of benzene rings is 1. The number of ether oxygens (including phenoxy) is 1. The van der Waals surface area contributed by atoms with Gasteiger partial charge in [0.25, 0.3) is 0 Å². The predicted molar refractivity (Wildman–Crippen MR) is 57.2 cm³/mol. The molecule has 0 saturated heterocycles. The third kappa shape index (κ3) is 4.40. The number of aliphatic hydroxyl groups is 2. The van der Waals surface area contributed by atoms with E-state index >= 15 is 0 Å². The first-order chi connectivity index (χ1) is 7.24. The normalized spacial score (nSPS) is 14.9. The van der Waals surface area contributed by atoms with Gasteiger partial charge < -0.3 is 20.7 Å². The van der Waals surface area contributed by atoms with Crippen molar-refractivity contribution in [2.45, 2.75) is 18.8 Å². The highest BCUT2D eigenvalue weighted by Crippen LogP contribution is 2.01. The molecule has 2 unspecified atom stereocenters. The van der Waals surface area contributed by atoms with Gasteiger partial charge in [-0.2, -0.15) is 0 Å². The molecule has 4 heteroatoms. The van der Waals surface area contributed by atoms with Gasteiger partial charge in [-0.1, -0.05) is 30.3 Å². The van der Waals surface area contributed by atoms with E-state index in [4.69, 9.17) is 15.6 Å². The lowest BCUT2D eigenvalue weighted by Crippen LogP contribution is -2.40. The minimum absolute atomic E-state index is 0.136. The highest BCUT2D eigenvalue weighted by molar-refractivity contribution is 5.13. The summed E-state index contributed by atoms with van der Waals surface area (Å²) in [6.45, 7) is 0.336. The molecule has 4 nitrogen and oxygen atoms in total. The Morgan fingerprint density at radius 2 is 1.93 bits per heavy atom. The van der Waals surface area contributed by atoms with Crippen molar-refractivity contribution in [3.05, 3.63) is 35.9 Å². The molecule has 0 aliphatic carbocycles. The standard InChI is InChI=1S/C11H17NO3/c12-10(6-13)11(14)8-15-7-9-4-2-1-3-5-9/h1-5,10-11,13-14H,6-8,12H2. The summed E-state index contributed by atoms with van der Waals surface area (Å²) in [6.07, 6.45) is -0.821. The van der Waals surface area contributed by atoms with Crippen molar-refractivity contribution < 1.29 is 14.9 Å². The van der Waals surface area contributed by atoms with Gasteiger partial charge in [-0.05, 0) is 5.56 Å². The number of nitrogens with two attached hydrogens (primary N) is 1. The molecular formula is C11H17NO3. The molecule has 0 aliphatic rings. The number of hydrogen-bond acceptors (Lipinski definition) is 4.